The van der Waals surface area contributed by atoms with Crippen LogP contribution in [0.15, 0.2) is 64.5 Å². The quantitative estimate of drug-likeness (QED) is 0.516. The first-order valence-corrected chi connectivity index (χ1v) is 11.3. The summed E-state index contributed by atoms with van der Waals surface area (Å²) in [6.45, 7) is 0.284. The van der Waals surface area contributed by atoms with Gasteiger partial charge in [-0.15, -0.1) is 5.10 Å². The summed E-state index contributed by atoms with van der Waals surface area (Å²) in [5.41, 5.74) is 0.602. The van der Waals surface area contributed by atoms with Gasteiger partial charge in [-0.25, -0.2) is 9.89 Å². The van der Waals surface area contributed by atoms with Crippen LogP contribution in [0.4, 0.5) is 24.5 Å². The molecule has 0 saturated heterocycles. The van der Waals surface area contributed by atoms with Crippen molar-refractivity contribution in [2.45, 2.75) is 36.8 Å². The lowest BCUT2D eigenvalue weighted by Crippen LogP contribution is -2.50. The number of aryl methyl sites for hydroxylation is 1. The highest BCUT2D eigenvalue weighted by atomic mass is 32.2. The normalized spacial score (nSPS) is 16.0. The van der Waals surface area contributed by atoms with Crippen LogP contribution in [0.25, 0.3) is 0 Å². The number of benzene rings is 2. The Kier molecular flexibility index (Phi) is 6.77. The molecule has 0 radical (unpaired) electrons. The van der Waals surface area contributed by atoms with E-state index in [9.17, 15) is 27.6 Å². The molecule has 1 aliphatic rings. The fraction of sp³-hybridized carbons (Fsp3) is 0.273. The van der Waals surface area contributed by atoms with E-state index in [1.807, 2.05) is 30.3 Å². The van der Waals surface area contributed by atoms with Crippen molar-refractivity contribution >= 4 is 35.0 Å². The number of carbonyl (C=O) groups excluding carboxylic acids is 2. The molecule has 8 nitrogen and oxygen atoms in total. The second-order valence-electron chi connectivity index (χ2n) is 7.58. The van der Waals surface area contributed by atoms with E-state index < -0.39 is 41.9 Å². The Balaban J connectivity index is 1.55. The topological polar surface area (TPSA) is 100 Å². The highest BCUT2D eigenvalue weighted by Gasteiger charge is 2.48. The van der Waals surface area contributed by atoms with Gasteiger partial charge in [0.2, 0.25) is 11.8 Å². The molecule has 34 heavy (non-hydrogen) atoms. The summed E-state index contributed by atoms with van der Waals surface area (Å²) < 4.78 is 42.9. The number of hydrogen-bond acceptors (Lipinski definition) is 5. The van der Waals surface area contributed by atoms with E-state index in [2.05, 4.69) is 15.5 Å². The van der Waals surface area contributed by atoms with Crippen LogP contribution in [-0.2, 0) is 22.6 Å². The number of aromatic amines is 1. The zero-order chi connectivity index (χ0) is 24.3. The van der Waals surface area contributed by atoms with Crippen LogP contribution in [0.3, 0.4) is 0 Å². The number of nitrogens with one attached hydrogen (secondary N) is 2. The largest absolute Gasteiger partial charge is 0.409 e. The van der Waals surface area contributed by atoms with Crippen LogP contribution in [-0.4, -0.2) is 44.5 Å². The number of H-pyrrole nitrogens is 1. The standard InChI is InChI=1S/C22H20F3N5O3S/c23-22(24,25)17-12-18(31)26-15-8-4-5-9-16(15)30(17)19(32)13-34-21-28-27-20(33)29(21)11-10-14-6-2-1-3-7-14/h1-9,17H,10-13H2,(H,26,31)(H,27,33). The second-order valence-corrected chi connectivity index (χ2v) is 8.52. The average molecular weight is 491 g/mol. The number of halogens is 3. The Morgan fingerprint density at radius 1 is 1.09 bits per heavy atom. The summed E-state index contributed by atoms with van der Waals surface area (Å²) in [7, 11) is 0. The van der Waals surface area contributed by atoms with Gasteiger partial charge in [0, 0.05) is 6.54 Å². The highest BCUT2D eigenvalue weighted by molar-refractivity contribution is 7.99. The monoisotopic (exact) mass is 491 g/mol. The Hall–Kier alpha value is -3.54. The molecule has 0 fully saturated rings. The summed E-state index contributed by atoms with van der Waals surface area (Å²) in [4.78, 5) is 38.0. The van der Waals surface area contributed by atoms with Crippen LogP contribution in [0.1, 0.15) is 12.0 Å². The average Bonchev–Trinajstić information content (AvgIpc) is 3.07. The predicted octanol–water partition coefficient (Wildman–Crippen LogP) is 3.21. The Bertz CT molecular complexity index is 1240. The molecule has 2 N–H and O–H groups in total. The van der Waals surface area contributed by atoms with Gasteiger partial charge >= 0.3 is 11.9 Å². The van der Waals surface area contributed by atoms with Crippen molar-refractivity contribution in [3.05, 3.63) is 70.6 Å². The highest BCUT2D eigenvalue weighted by Crippen LogP contribution is 2.38. The Labute approximate surface area is 196 Å². The SMILES string of the molecule is O=C1CC(C(F)(F)F)N(C(=O)CSc2n[nH]c(=O)n2CCc2ccccc2)c2ccccc2N1. The number of fused-ring (bicyclic) bond motifs is 1. The van der Waals surface area contributed by atoms with Gasteiger partial charge in [-0.1, -0.05) is 54.2 Å². The lowest BCUT2D eigenvalue weighted by molar-refractivity contribution is -0.157. The summed E-state index contributed by atoms with van der Waals surface area (Å²) in [5.74, 6) is -2.11. The van der Waals surface area contributed by atoms with E-state index in [0.717, 1.165) is 17.3 Å². The minimum absolute atomic E-state index is 0.0372. The fourth-order valence-electron chi connectivity index (χ4n) is 3.69. The summed E-state index contributed by atoms with van der Waals surface area (Å²) in [6, 6.07) is 13.0. The minimum atomic E-state index is -4.82. The lowest BCUT2D eigenvalue weighted by atomic mass is 10.1. The Morgan fingerprint density at radius 3 is 2.53 bits per heavy atom. The van der Waals surface area contributed by atoms with Crippen LogP contribution in [0, 0.1) is 0 Å². The molecular weight excluding hydrogens is 471 g/mol. The van der Waals surface area contributed by atoms with Gasteiger partial charge in [-0.3, -0.25) is 19.1 Å². The van der Waals surface area contributed by atoms with Gasteiger partial charge in [0.05, 0.1) is 23.5 Å². The number of hydrogen-bond donors (Lipinski definition) is 2. The molecule has 2 heterocycles. The molecule has 0 saturated carbocycles. The third-order valence-corrected chi connectivity index (χ3v) is 6.25. The molecule has 0 aliphatic carbocycles. The molecule has 1 aromatic heterocycles. The van der Waals surface area contributed by atoms with Gasteiger partial charge in [-0.05, 0) is 24.1 Å². The second kappa shape index (κ2) is 9.75. The van der Waals surface area contributed by atoms with Crippen LogP contribution in [0.5, 0.6) is 0 Å². The van der Waals surface area contributed by atoms with Crippen molar-refractivity contribution in [1.82, 2.24) is 14.8 Å². The smallest absolute Gasteiger partial charge is 0.324 e. The number of carbonyl (C=O) groups is 2. The molecule has 2 amide bonds. The van der Waals surface area contributed by atoms with Crippen molar-refractivity contribution in [1.29, 1.82) is 0 Å². The van der Waals surface area contributed by atoms with Gasteiger partial charge in [-0.2, -0.15) is 13.2 Å². The van der Waals surface area contributed by atoms with E-state index in [4.69, 9.17) is 0 Å². The first kappa shape index (κ1) is 23.6. The van der Waals surface area contributed by atoms with Crippen LogP contribution in [0.2, 0.25) is 0 Å². The third kappa shape index (κ3) is 5.16. The fourth-order valence-corrected chi connectivity index (χ4v) is 4.52. The maximum Gasteiger partial charge on any atom is 0.409 e. The molecule has 12 heteroatoms. The molecule has 178 valence electrons. The minimum Gasteiger partial charge on any atom is -0.324 e. The molecular formula is C22H20F3N5O3S. The maximum atomic E-state index is 13.8. The maximum absolute atomic E-state index is 13.8. The summed E-state index contributed by atoms with van der Waals surface area (Å²) in [6.07, 6.45) is -5.21. The number of thioether (sulfide) groups is 1. The van der Waals surface area contributed by atoms with Crippen molar-refractivity contribution in [3.8, 4) is 0 Å². The van der Waals surface area contributed by atoms with Gasteiger partial charge in [0.25, 0.3) is 0 Å². The lowest BCUT2D eigenvalue weighted by Gasteiger charge is -2.31. The molecule has 1 atom stereocenters. The molecule has 1 aliphatic heterocycles. The first-order chi connectivity index (χ1) is 16.2. The van der Waals surface area contributed by atoms with Gasteiger partial charge in [0.15, 0.2) is 5.16 Å². The number of amides is 2. The number of rotatable bonds is 6. The van der Waals surface area contributed by atoms with Crippen molar-refractivity contribution in [2.75, 3.05) is 16.0 Å². The molecule has 2 aromatic carbocycles. The number of aromatic nitrogens is 3. The number of anilines is 2. The first-order valence-electron chi connectivity index (χ1n) is 10.3. The molecule has 0 spiro atoms. The summed E-state index contributed by atoms with van der Waals surface area (Å²) in [5, 5.41) is 8.85. The van der Waals surface area contributed by atoms with Crippen molar-refractivity contribution < 1.29 is 22.8 Å². The van der Waals surface area contributed by atoms with Crippen LogP contribution < -0.4 is 15.9 Å². The zero-order valence-corrected chi connectivity index (χ0v) is 18.5. The molecule has 0 bridgehead atoms. The van der Waals surface area contributed by atoms with Crippen molar-refractivity contribution in [2.24, 2.45) is 0 Å². The third-order valence-electron chi connectivity index (χ3n) is 5.29. The Morgan fingerprint density at radius 2 is 1.79 bits per heavy atom. The number of nitrogens with zero attached hydrogens (tertiary/aromatic N) is 3. The summed E-state index contributed by atoms with van der Waals surface area (Å²) >= 11 is 0.856. The van der Waals surface area contributed by atoms with Crippen LogP contribution >= 0.6 is 11.8 Å². The zero-order valence-electron chi connectivity index (χ0n) is 17.7. The van der Waals surface area contributed by atoms with E-state index in [-0.39, 0.29) is 23.1 Å². The van der Waals surface area contributed by atoms with E-state index >= 15 is 0 Å². The van der Waals surface area contributed by atoms with E-state index in [1.165, 1.54) is 22.8 Å². The van der Waals surface area contributed by atoms with E-state index in [0.29, 0.717) is 11.3 Å². The molecule has 4 rings (SSSR count). The predicted molar refractivity (Wildman–Crippen MR) is 121 cm³/mol. The van der Waals surface area contributed by atoms with Gasteiger partial charge in [0.1, 0.15) is 6.04 Å². The molecule has 3 aromatic rings. The van der Waals surface area contributed by atoms with E-state index in [1.54, 1.807) is 6.07 Å². The van der Waals surface area contributed by atoms with Crippen molar-refractivity contribution in [3.63, 3.8) is 0 Å². The van der Waals surface area contributed by atoms with Gasteiger partial charge < -0.3 is 5.32 Å². The number of para-hydroxylation sites is 2. The number of alkyl halides is 3. The molecule has 1 unspecified atom stereocenters.